The summed E-state index contributed by atoms with van der Waals surface area (Å²) in [7, 11) is 0. The van der Waals surface area contributed by atoms with E-state index in [1.54, 1.807) is 24.3 Å². The highest BCUT2D eigenvalue weighted by Crippen LogP contribution is 2.39. The number of benzene rings is 4. The quantitative estimate of drug-likeness (QED) is 0.208. The third-order valence-corrected chi connectivity index (χ3v) is 5.38. The molecule has 0 aliphatic rings. The Morgan fingerprint density at radius 3 is 0.882 bits per heavy atom. The van der Waals surface area contributed by atoms with E-state index in [-0.39, 0.29) is 0 Å². The van der Waals surface area contributed by atoms with Gasteiger partial charge < -0.3 is 0 Å². The van der Waals surface area contributed by atoms with Crippen molar-refractivity contribution in [1.82, 2.24) is 0 Å². The van der Waals surface area contributed by atoms with Crippen molar-refractivity contribution in [3.63, 3.8) is 0 Å². The molecule has 34 heavy (non-hydrogen) atoms. The summed E-state index contributed by atoms with van der Waals surface area (Å²) in [5.41, 5.74) is 2.14. The maximum atomic E-state index is 13.2. The van der Waals surface area contributed by atoms with E-state index in [0.29, 0.717) is 22.3 Å². The molecule has 172 valence electrons. The van der Waals surface area contributed by atoms with Gasteiger partial charge in [-0.25, -0.2) is 0 Å². The molecule has 0 saturated heterocycles. The zero-order valence-corrected chi connectivity index (χ0v) is 17.7. The summed E-state index contributed by atoms with van der Waals surface area (Å²) < 4.78 is 79.0. The normalized spacial score (nSPS) is 12.9. The molecule has 0 N–H and O–H groups in total. The standard InChI is InChI=1S/C28H18F6/c29-27(30,31)23-15-11-21(12-16-23)25(19-7-3-1-4-8-19)26(20-9-5-2-6-10-20)22-13-17-24(18-14-22)28(32,33)34/h1-18H/b26-25-. The predicted octanol–water partition coefficient (Wildman–Crippen LogP) is 8.73. The highest BCUT2D eigenvalue weighted by atomic mass is 19.4. The molecule has 6 heteroatoms. The van der Waals surface area contributed by atoms with E-state index < -0.39 is 23.5 Å². The molecular formula is C28H18F6. The highest BCUT2D eigenvalue weighted by molar-refractivity contribution is 6.04. The lowest BCUT2D eigenvalue weighted by molar-refractivity contribution is -0.138. The molecule has 0 aromatic heterocycles. The van der Waals surface area contributed by atoms with Gasteiger partial charge in [0.1, 0.15) is 0 Å². The Bertz CT molecular complexity index is 1160. The molecule has 0 nitrogen and oxygen atoms in total. The summed E-state index contributed by atoms with van der Waals surface area (Å²) in [6.07, 6.45) is -8.96. The van der Waals surface area contributed by atoms with E-state index in [4.69, 9.17) is 0 Å². The second-order valence-corrected chi connectivity index (χ2v) is 7.63. The van der Waals surface area contributed by atoms with Crippen LogP contribution in [0.4, 0.5) is 26.3 Å². The SMILES string of the molecule is FC(F)(F)c1ccc(/C(=C(/c2ccccc2)c2ccc(C(F)(F)F)cc2)c2ccccc2)cc1. The minimum atomic E-state index is -4.48. The van der Waals surface area contributed by atoms with Crippen molar-refractivity contribution in [2.24, 2.45) is 0 Å². The Morgan fingerprint density at radius 1 is 0.353 bits per heavy atom. The van der Waals surface area contributed by atoms with Gasteiger partial charge in [-0.15, -0.1) is 0 Å². The second-order valence-electron chi connectivity index (χ2n) is 7.63. The first-order valence-corrected chi connectivity index (χ1v) is 10.3. The van der Waals surface area contributed by atoms with Crippen LogP contribution in [-0.2, 0) is 12.4 Å². The van der Waals surface area contributed by atoms with Crippen LogP contribution in [0.25, 0.3) is 11.1 Å². The lowest BCUT2D eigenvalue weighted by Gasteiger charge is -2.19. The van der Waals surface area contributed by atoms with Gasteiger partial charge in [-0.1, -0.05) is 84.9 Å². The number of rotatable bonds is 4. The summed E-state index contributed by atoms with van der Waals surface area (Å²) in [4.78, 5) is 0. The number of halogens is 6. The van der Waals surface area contributed by atoms with Crippen molar-refractivity contribution in [2.45, 2.75) is 12.4 Å². The molecule has 0 atom stereocenters. The van der Waals surface area contributed by atoms with E-state index in [0.717, 1.165) is 35.4 Å². The maximum absolute atomic E-state index is 13.2. The summed E-state index contributed by atoms with van der Waals surface area (Å²) >= 11 is 0. The van der Waals surface area contributed by atoms with Crippen LogP contribution in [-0.4, -0.2) is 0 Å². The third kappa shape index (κ3) is 5.06. The van der Waals surface area contributed by atoms with Crippen molar-refractivity contribution in [3.8, 4) is 0 Å². The van der Waals surface area contributed by atoms with Crippen LogP contribution in [0.3, 0.4) is 0 Å². The fourth-order valence-electron chi connectivity index (χ4n) is 3.77. The molecular weight excluding hydrogens is 450 g/mol. The van der Waals surface area contributed by atoms with Gasteiger partial charge in [-0.05, 0) is 57.7 Å². The summed E-state index contributed by atoms with van der Waals surface area (Å²) in [6, 6.07) is 27.7. The third-order valence-electron chi connectivity index (χ3n) is 5.38. The predicted molar refractivity (Wildman–Crippen MR) is 121 cm³/mol. The van der Waals surface area contributed by atoms with Crippen LogP contribution in [0.5, 0.6) is 0 Å². The van der Waals surface area contributed by atoms with Gasteiger partial charge in [0.2, 0.25) is 0 Å². The maximum Gasteiger partial charge on any atom is 0.416 e. The average Bonchev–Trinajstić information content (AvgIpc) is 2.83. The average molecular weight is 468 g/mol. The summed E-state index contributed by atoms with van der Waals surface area (Å²) in [5.74, 6) is 0. The Balaban J connectivity index is 2.01. The van der Waals surface area contributed by atoms with E-state index in [2.05, 4.69) is 0 Å². The minimum absolute atomic E-state index is 0.512. The molecule has 4 aromatic carbocycles. The number of hydrogen-bond donors (Lipinski definition) is 0. The number of alkyl halides is 6. The molecule has 0 unspecified atom stereocenters. The van der Waals surface area contributed by atoms with Gasteiger partial charge in [0.05, 0.1) is 11.1 Å². The van der Waals surface area contributed by atoms with Crippen LogP contribution in [0.1, 0.15) is 33.4 Å². The van der Waals surface area contributed by atoms with Crippen molar-refractivity contribution in [2.75, 3.05) is 0 Å². The molecule has 0 saturated carbocycles. The molecule has 0 heterocycles. The molecule has 0 bridgehead atoms. The van der Waals surface area contributed by atoms with E-state index >= 15 is 0 Å². The first-order valence-electron chi connectivity index (χ1n) is 10.3. The molecule has 0 fully saturated rings. The fourth-order valence-corrected chi connectivity index (χ4v) is 3.77. The zero-order chi connectivity index (χ0) is 24.3. The van der Waals surface area contributed by atoms with Crippen molar-refractivity contribution in [3.05, 3.63) is 143 Å². The molecule has 0 spiro atoms. The van der Waals surface area contributed by atoms with Crippen LogP contribution in [0.15, 0.2) is 109 Å². The first kappa shape index (κ1) is 23.4. The molecule has 0 radical (unpaired) electrons. The molecule has 0 amide bonds. The van der Waals surface area contributed by atoms with E-state index in [9.17, 15) is 26.3 Å². The van der Waals surface area contributed by atoms with Crippen LogP contribution < -0.4 is 0 Å². The molecule has 0 aliphatic carbocycles. The zero-order valence-electron chi connectivity index (χ0n) is 17.7. The monoisotopic (exact) mass is 468 g/mol. The molecule has 4 rings (SSSR count). The van der Waals surface area contributed by atoms with Crippen molar-refractivity contribution < 1.29 is 26.3 Å². The Kier molecular flexibility index (Phi) is 6.33. The second kappa shape index (κ2) is 9.21. The molecule has 0 aliphatic heterocycles. The minimum Gasteiger partial charge on any atom is -0.166 e. The van der Waals surface area contributed by atoms with E-state index in [1.165, 1.54) is 24.3 Å². The molecule has 4 aromatic rings. The Labute approximate surface area is 192 Å². The lowest BCUT2D eigenvalue weighted by atomic mass is 9.85. The van der Waals surface area contributed by atoms with Crippen molar-refractivity contribution in [1.29, 1.82) is 0 Å². The smallest absolute Gasteiger partial charge is 0.166 e. The fraction of sp³-hybridized carbons (Fsp3) is 0.0714. The topological polar surface area (TPSA) is 0 Å². The van der Waals surface area contributed by atoms with Crippen LogP contribution in [0.2, 0.25) is 0 Å². The van der Waals surface area contributed by atoms with Crippen LogP contribution in [0, 0.1) is 0 Å². The Hall–Kier alpha value is -3.80. The van der Waals surface area contributed by atoms with Gasteiger partial charge in [-0.2, -0.15) is 26.3 Å². The lowest BCUT2D eigenvalue weighted by Crippen LogP contribution is -2.06. The van der Waals surface area contributed by atoms with Gasteiger partial charge in [-0.3, -0.25) is 0 Å². The van der Waals surface area contributed by atoms with Gasteiger partial charge in [0.25, 0.3) is 0 Å². The van der Waals surface area contributed by atoms with Gasteiger partial charge >= 0.3 is 12.4 Å². The largest absolute Gasteiger partial charge is 0.416 e. The van der Waals surface area contributed by atoms with E-state index in [1.807, 2.05) is 36.4 Å². The summed E-state index contributed by atoms with van der Waals surface area (Å²) in [5, 5.41) is 0. The van der Waals surface area contributed by atoms with Gasteiger partial charge in [0, 0.05) is 0 Å². The van der Waals surface area contributed by atoms with Crippen molar-refractivity contribution >= 4 is 11.1 Å². The first-order chi connectivity index (χ1) is 16.1. The Morgan fingerprint density at radius 2 is 0.618 bits per heavy atom. The highest BCUT2D eigenvalue weighted by Gasteiger charge is 2.31. The summed E-state index contributed by atoms with van der Waals surface area (Å²) in [6.45, 7) is 0. The van der Waals surface area contributed by atoms with Gasteiger partial charge in [0.15, 0.2) is 0 Å². The van der Waals surface area contributed by atoms with Crippen LogP contribution >= 0.6 is 0 Å². The number of hydrogen-bond acceptors (Lipinski definition) is 0.